The molecule has 4 rings (SSSR count). The van der Waals surface area contributed by atoms with Crippen molar-refractivity contribution in [3.05, 3.63) is 54.1 Å². The Balaban J connectivity index is 1.38. The number of anilines is 2. The average Bonchev–Trinajstić information content (AvgIpc) is 2.79. The first-order valence-corrected chi connectivity index (χ1v) is 12.2. The van der Waals surface area contributed by atoms with Crippen LogP contribution < -0.4 is 10.2 Å². The second-order valence-electron chi connectivity index (χ2n) is 8.45. The van der Waals surface area contributed by atoms with E-state index in [0.29, 0.717) is 48.4 Å². The molecule has 2 aromatic carbocycles. The maximum absolute atomic E-state index is 13.0. The van der Waals surface area contributed by atoms with Gasteiger partial charge in [-0.3, -0.25) is 19.4 Å². The molecule has 0 aromatic heterocycles. The molecule has 0 spiro atoms. The van der Waals surface area contributed by atoms with Gasteiger partial charge in [-0.25, -0.2) is 8.42 Å². The van der Waals surface area contributed by atoms with E-state index >= 15 is 0 Å². The number of carbonyl (C=O) groups is 2. The number of carbonyl (C=O) groups excluding carboxylic acids is 2. The molecule has 0 unspecified atom stereocenters. The largest absolute Gasteiger partial charge is 0.323 e. The van der Waals surface area contributed by atoms with Gasteiger partial charge in [0.25, 0.3) is 0 Å². The Labute approximate surface area is 188 Å². The molecule has 8 nitrogen and oxygen atoms in total. The number of piperazine rings is 1. The zero-order chi connectivity index (χ0) is 22.9. The quantitative estimate of drug-likeness (QED) is 0.744. The Morgan fingerprint density at radius 3 is 2.31 bits per heavy atom. The van der Waals surface area contributed by atoms with Gasteiger partial charge >= 0.3 is 0 Å². The smallest absolute Gasteiger partial charge is 0.244 e. The van der Waals surface area contributed by atoms with Crippen LogP contribution in [0.25, 0.3) is 0 Å². The molecular formula is C23H28N4O4S. The van der Waals surface area contributed by atoms with Crippen molar-refractivity contribution < 1.29 is 18.0 Å². The molecule has 1 N–H and O–H groups in total. The van der Waals surface area contributed by atoms with Gasteiger partial charge in [0.1, 0.15) is 6.54 Å². The summed E-state index contributed by atoms with van der Waals surface area (Å²) in [5.74, 6) is -0.0601. The predicted octanol–water partition coefficient (Wildman–Crippen LogP) is 2.10. The number of hydrogen-bond acceptors (Lipinski definition) is 5. The lowest BCUT2D eigenvalue weighted by Crippen LogP contribution is -2.52. The molecule has 2 heterocycles. The van der Waals surface area contributed by atoms with Crippen molar-refractivity contribution in [2.24, 2.45) is 0 Å². The molecule has 2 aromatic rings. The first kappa shape index (κ1) is 22.4. The predicted molar refractivity (Wildman–Crippen MR) is 123 cm³/mol. The number of benzene rings is 2. The number of fused-ring (bicyclic) bond motifs is 1. The van der Waals surface area contributed by atoms with Crippen molar-refractivity contribution in [1.29, 1.82) is 0 Å². The van der Waals surface area contributed by atoms with Crippen LogP contribution in [0.5, 0.6) is 0 Å². The molecule has 170 valence electrons. The third-order valence-electron chi connectivity index (χ3n) is 5.95. The van der Waals surface area contributed by atoms with Crippen LogP contribution in [0.4, 0.5) is 11.4 Å². The van der Waals surface area contributed by atoms with Crippen molar-refractivity contribution in [2.75, 3.05) is 49.5 Å². The summed E-state index contributed by atoms with van der Waals surface area (Å²) in [5.41, 5.74) is 2.40. The monoisotopic (exact) mass is 456 g/mol. The zero-order valence-electron chi connectivity index (χ0n) is 18.3. The summed E-state index contributed by atoms with van der Waals surface area (Å²) in [5, 5.41) is 2.78. The fourth-order valence-electron chi connectivity index (χ4n) is 4.03. The van der Waals surface area contributed by atoms with Crippen LogP contribution in [-0.2, 0) is 19.6 Å². The van der Waals surface area contributed by atoms with Crippen LogP contribution in [0.3, 0.4) is 0 Å². The van der Waals surface area contributed by atoms with Crippen LogP contribution in [0.2, 0.25) is 0 Å². The van der Waals surface area contributed by atoms with Crippen molar-refractivity contribution in [1.82, 2.24) is 9.21 Å². The lowest BCUT2D eigenvalue weighted by Gasteiger charge is -2.35. The van der Waals surface area contributed by atoms with Gasteiger partial charge in [-0.05, 0) is 35.7 Å². The van der Waals surface area contributed by atoms with E-state index in [9.17, 15) is 18.0 Å². The van der Waals surface area contributed by atoms with E-state index in [-0.39, 0.29) is 24.9 Å². The van der Waals surface area contributed by atoms with Crippen molar-refractivity contribution in [3.63, 3.8) is 0 Å². The minimum Gasteiger partial charge on any atom is -0.323 e. The van der Waals surface area contributed by atoms with Crippen LogP contribution in [0.15, 0.2) is 53.4 Å². The van der Waals surface area contributed by atoms with Crippen molar-refractivity contribution >= 4 is 33.2 Å². The lowest BCUT2D eigenvalue weighted by atomic mass is 10.0. The van der Waals surface area contributed by atoms with E-state index in [0.717, 1.165) is 5.56 Å². The third-order valence-corrected chi connectivity index (χ3v) is 7.86. The topological polar surface area (TPSA) is 90.0 Å². The first-order valence-electron chi connectivity index (χ1n) is 10.8. The molecule has 2 amide bonds. The van der Waals surface area contributed by atoms with Gasteiger partial charge in [0.05, 0.1) is 22.8 Å². The summed E-state index contributed by atoms with van der Waals surface area (Å²) in [7, 11) is -3.57. The Morgan fingerprint density at radius 2 is 1.66 bits per heavy atom. The molecule has 0 atom stereocenters. The first-order chi connectivity index (χ1) is 15.3. The highest BCUT2D eigenvalue weighted by Gasteiger charge is 2.31. The van der Waals surface area contributed by atoms with E-state index in [1.807, 2.05) is 35.2 Å². The van der Waals surface area contributed by atoms with E-state index in [1.165, 1.54) is 9.21 Å². The van der Waals surface area contributed by atoms with Gasteiger partial charge < -0.3 is 5.32 Å². The number of para-hydroxylation sites is 2. The molecule has 2 aliphatic rings. The van der Waals surface area contributed by atoms with E-state index in [2.05, 4.69) is 19.2 Å². The second kappa shape index (κ2) is 9.01. The Bertz CT molecular complexity index is 1110. The summed E-state index contributed by atoms with van der Waals surface area (Å²) in [6.45, 7) is 5.80. The minimum atomic E-state index is -3.57. The number of amides is 2. The summed E-state index contributed by atoms with van der Waals surface area (Å²) < 4.78 is 27.5. The number of rotatable bonds is 5. The highest BCUT2D eigenvalue weighted by atomic mass is 32.2. The normalized spacial score (nSPS) is 17.8. The van der Waals surface area contributed by atoms with Crippen LogP contribution in [0.1, 0.15) is 25.3 Å². The molecule has 0 saturated carbocycles. The van der Waals surface area contributed by atoms with Gasteiger partial charge in [-0.1, -0.05) is 38.1 Å². The second-order valence-corrected chi connectivity index (χ2v) is 10.4. The summed E-state index contributed by atoms with van der Waals surface area (Å²) in [6.07, 6.45) is 0. The molecule has 0 bridgehead atoms. The molecule has 1 saturated heterocycles. The fourth-order valence-corrected chi connectivity index (χ4v) is 5.46. The van der Waals surface area contributed by atoms with E-state index < -0.39 is 10.0 Å². The summed E-state index contributed by atoms with van der Waals surface area (Å²) in [6, 6.07) is 14.3. The van der Waals surface area contributed by atoms with Gasteiger partial charge in [0.15, 0.2) is 0 Å². The zero-order valence-corrected chi connectivity index (χ0v) is 19.1. The molecule has 1 fully saturated rings. The maximum atomic E-state index is 13.0. The maximum Gasteiger partial charge on any atom is 0.244 e. The Morgan fingerprint density at radius 1 is 1.00 bits per heavy atom. The number of nitrogens with one attached hydrogen (secondary N) is 1. The number of sulfonamides is 1. The fraction of sp³-hybridized carbons (Fsp3) is 0.391. The van der Waals surface area contributed by atoms with Gasteiger partial charge in [0, 0.05) is 26.2 Å². The van der Waals surface area contributed by atoms with E-state index in [1.54, 1.807) is 18.2 Å². The standard InChI is InChI=1S/C23H28N4O4S/c1-17(2)18-7-9-19(10-8-18)32(30,31)26-13-11-25(12-14-26)16-23(29)27-15-22(28)24-20-5-3-4-6-21(20)27/h3-10,17H,11-16H2,1-2H3,(H,24,28). The van der Waals surface area contributed by atoms with Crippen molar-refractivity contribution in [2.45, 2.75) is 24.7 Å². The van der Waals surface area contributed by atoms with Crippen LogP contribution in [0, 0.1) is 0 Å². The minimum absolute atomic E-state index is 0.0173. The van der Waals surface area contributed by atoms with Gasteiger partial charge in [-0.15, -0.1) is 0 Å². The summed E-state index contributed by atoms with van der Waals surface area (Å²) >= 11 is 0. The highest BCUT2D eigenvalue weighted by Crippen LogP contribution is 2.29. The molecule has 0 radical (unpaired) electrons. The van der Waals surface area contributed by atoms with Crippen LogP contribution >= 0.6 is 0 Å². The number of nitrogens with zero attached hydrogens (tertiary/aromatic N) is 3. The van der Waals surface area contributed by atoms with Gasteiger partial charge in [0.2, 0.25) is 21.8 Å². The molecular weight excluding hydrogens is 428 g/mol. The lowest BCUT2D eigenvalue weighted by molar-refractivity contribution is -0.122. The van der Waals surface area contributed by atoms with Crippen molar-refractivity contribution in [3.8, 4) is 0 Å². The summed E-state index contributed by atoms with van der Waals surface area (Å²) in [4.78, 5) is 28.6. The molecule has 0 aliphatic carbocycles. The number of hydrogen-bond donors (Lipinski definition) is 1. The Kier molecular flexibility index (Phi) is 6.32. The van der Waals surface area contributed by atoms with E-state index in [4.69, 9.17) is 0 Å². The van der Waals surface area contributed by atoms with Crippen LogP contribution in [-0.4, -0.2) is 68.7 Å². The average molecular weight is 457 g/mol. The SMILES string of the molecule is CC(C)c1ccc(S(=O)(=O)N2CCN(CC(=O)N3CC(=O)Nc4ccccc43)CC2)cc1. The highest BCUT2D eigenvalue weighted by molar-refractivity contribution is 7.89. The third kappa shape index (κ3) is 4.55. The molecule has 32 heavy (non-hydrogen) atoms. The van der Waals surface area contributed by atoms with Gasteiger partial charge in [-0.2, -0.15) is 4.31 Å². The molecule has 2 aliphatic heterocycles. The Hall–Kier alpha value is -2.75. The molecule has 9 heteroatoms.